The van der Waals surface area contributed by atoms with Crippen LogP contribution in [0.5, 0.6) is 0 Å². The van der Waals surface area contributed by atoms with Crippen LogP contribution in [0.25, 0.3) is 22.2 Å². The molecule has 3 amide bonds. The fourth-order valence-electron chi connectivity index (χ4n) is 6.14. The number of rotatable bonds is 10. The topological polar surface area (TPSA) is 177 Å². The third-order valence-electron chi connectivity index (χ3n) is 8.58. The number of nitrogens with zero attached hydrogens (tertiary/aromatic N) is 2. The first-order valence-electron chi connectivity index (χ1n) is 15.5. The van der Waals surface area contributed by atoms with Crippen LogP contribution in [0, 0.1) is 18.8 Å². The van der Waals surface area contributed by atoms with Crippen molar-refractivity contribution in [2.75, 3.05) is 11.4 Å². The minimum atomic E-state index is -1.04. The molecule has 1 saturated carbocycles. The molecular weight excluding hydrogens is 643 g/mol. The van der Waals surface area contributed by atoms with Crippen molar-refractivity contribution in [1.29, 1.82) is 0 Å². The number of benzene rings is 2. The number of amides is 3. The fraction of sp³-hybridized carbons (Fsp3) is 0.382. The van der Waals surface area contributed by atoms with Gasteiger partial charge < -0.3 is 21.2 Å². The maximum atomic E-state index is 14.2. The molecule has 6 N–H and O–H groups in total. The molecule has 0 saturated heterocycles. The predicted octanol–water partition coefficient (Wildman–Crippen LogP) is 4.90. The molecule has 0 radical (unpaired) electrons. The SMILES string of the molecule is Cc1nc(C(=O)NC(C)C)ccc1-c1ccc(C[C@@H](C(N)=O)N(C(=O)C2CCC(CN)CC2)c2cc(Cl)c3oc(=O)[nH]c3c2)cc1.Cl. The van der Waals surface area contributed by atoms with E-state index in [0.717, 1.165) is 29.5 Å². The summed E-state index contributed by atoms with van der Waals surface area (Å²) in [5, 5.41) is 2.97. The molecule has 2 heterocycles. The van der Waals surface area contributed by atoms with Gasteiger partial charge in [-0.05, 0) is 88.2 Å². The highest BCUT2D eigenvalue weighted by molar-refractivity contribution is 6.35. The highest BCUT2D eigenvalue weighted by atomic mass is 35.5. The molecule has 1 fully saturated rings. The van der Waals surface area contributed by atoms with Crippen molar-refractivity contribution in [3.05, 3.63) is 81.1 Å². The van der Waals surface area contributed by atoms with E-state index in [2.05, 4.69) is 15.3 Å². The summed E-state index contributed by atoms with van der Waals surface area (Å²) in [5.41, 5.74) is 16.2. The van der Waals surface area contributed by atoms with Crippen molar-refractivity contribution in [2.45, 2.75) is 65.0 Å². The molecule has 2 aromatic carbocycles. The van der Waals surface area contributed by atoms with E-state index in [1.165, 1.54) is 11.0 Å². The Kier molecular flexibility index (Phi) is 11.5. The van der Waals surface area contributed by atoms with Crippen LogP contribution in [0.3, 0.4) is 0 Å². The molecule has 11 nitrogen and oxygen atoms in total. The van der Waals surface area contributed by atoms with E-state index in [-0.39, 0.29) is 53.2 Å². The van der Waals surface area contributed by atoms with Crippen LogP contribution in [-0.4, -0.2) is 46.3 Å². The maximum Gasteiger partial charge on any atom is 0.417 e. The average molecular weight is 684 g/mol. The van der Waals surface area contributed by atoms with Crippen molar-refractivity contribution in [1.82, 2.24) is 15.3 Å². The number of carbonyl (C=O) groups excluding carboxylic acids is 3. The molecule has 0 spiro atoms. The normalized spacial score (nSPS) is 16.8. The van der Waals surface area contributed by atoms with E-state index in [9.17, 15) is 19.2 Å². The van der Waals surface area contributed by atoms with Crippen molar-refractivity contribution in [3.63, 3.8) is 0 Å². The van der Waals surface area contributed by atoms with Gasteiger partial charge in [-0.15, -0.1) is 12.4 Å². The number of oxazole rings is 1. The lowest BCUT2D eigenvalue weighted by atomic mass is 9.81. The van der Waals surface area contributed by atoms with Crippen molar-refractivity contribution >= 4 is 58.5 Å². The van der Waals surface area contributed by atoms with E-state index in [1.807, 2.05) is 51.1 Å². The van der Waals surface area contributed by atoms with Gasteiger partial charge in [-0.25, -0.2) is 9.78 Å². The Balaban J connectivity index is 0.00000500. The van der Waals surface area contributed by atoms with Crippen LogP contribution in [0.2, 0.25) is 5.02 Å². The first-order valence-corrected chi connectivity index (χ1v) is 15.9. The minimum Gasteiger partial charge on any atom is -0.406 e. The maximum absolute atomic E-state index is 14.2. The largest absolute Gasteiger partial charge is 0.417 e. The van der Waals surface area contributed by atoms with Gasteiger partial charge in [0, 0.05) is 35.3 Å². The molecule has 5 rings (SSSR count). The average Bonchev–Trinajstić information content (AvgIpc) is 3.41. The Morgan fingerprint density at radius 3 is 2.36 bits per heavy atom. The molecule has 0 aliphatic heterocycles. The second kappa shape index (κ2) is 15.1. The smallest absolute Gasteiger partial charge is 0.406 e. The minimum absolute atomic E-state index is 0. The Bertz CT molecular complexity index is 1810. The Morgan fingerprint density at radius 1 is 1.09 bits per heavy atom. The number of anilines is 1. The summed E-state index contributed by atoms with van der Waals surface area (Å²) in [7, 11) is 0. The molecule has 4 aromatic rings. The summed E-state index contributed by atoms with van der Waals surface area (Å²) < 4.78 is 5.15. The second-order valence-electron chi connectivity index (χ2n) is 12.3. The van der Waals surface area contributed by atoms with Crippen LogP contribution in [0.15, 0.2) is 57.7 Å². The molecule has 47 heavy (non-hydrogen) atoms. The fourth-order valence-corrected chi connectivity index (χ4v) is 6.39. The van der Waals surface area contributed by atoms with Gasteiger partial charge in [0.15, 0.2) is 5.58 Å². The van der Waals surface area contributed by atoms with Gasteiger partial charge in [-0.2, -0.15) is 0 Å². The lowest BCUT2D eigenvalue weighted by Crippen LogP contribution is -2.52. The van der Waals surface area contributed by atoms with Crippen molar-refractivity contribution in [2.24, 2.45) is 23.3 Å². The van der Waals surface area contributed by atoms with Crippen LogP contribution in [0.1, 0.15) is 61.3 Å². The zero-order valence-corrected chi connectivity index (χ0v) is 28.1. The van der Waals surface area contributed by atoms with Gasteiger partial charge in [0.1, 0.15) is 11.7 Å². The molecule has 0 bridgehead atoms. The molecule has 13 heteroatoms. The van der Waals surface area contributed by atoms with Gasteiger partial charge in [0.25, 0.3) is 5.91 Å². The summed E-state index contributed by atoms with van der Waals surface area (Å²) in [4.78, 5) is 60.1. The number of pyridine rings is 1. The number of carbonyl (C=O) groups is 3. The third kappa shape index (κ3) is 8.04. The zero-order valence-electron chi connectivity index (χ0n) is 26.5. The quantitative estimate of drug-likeness (QED) is 0.184. The van der Waals surface area contributed by atoms with Crippen molar-refractivity contribution in [3.8, 4) is 11.1 Å². The Hall–Kier alpha value is -4.19. The van der Waals surface area contributed by atoms with Crippen molar-refractivity contribution < 1.29 is 18.8 Å². The van der Waals surface area contributed by atoms with Gasteiger partial charge >= 0.3 is 5.76 Å². The number of nitrogens with one attached hydrogen (secondary N) is 2. The monoisotopic (exact) mass is 682 g/mol. The lowest BCUT2D eigenvalue weighted by molar-refractivity contribution is -0.127. The van der Waals surface area contributed by atoms with E-state index in [1.54, 1.807) is 12.1 Å². The number of hydrogen-bond acceptors (Lipinski definition) is 7. The Morgan fingerprint density at radius 2 is 1.77 bits per heavy atom. The molecule has 1 atom stereocenters. The molecule has 250 valence electrons. The van der Waals surface area contributed by atoms with Gasteiger partial charge in [-0.1, -0.05) is 41.9 Å². The van der Waals surface area contributed by atoms with E-state index in [4.69, 9.17) is 27.5 Å². The molecule has 1 aliphatic rings. The summed E-state index contributed by atoms with van der Waals surface area (Å²) >= 11 is 6.48. The molecular formula is C34H40Cl2N6O5. The van der Waals surface area contributed by atoms with Crippen LogP contribution in [-0.2, 0) is 16.0 Å². The van der Waals surface area contributed by atoms with Gasteiger partial charge in [0.05, 0.1) is 10.5 Å². The number of primary amides is 1. The lowest BCUT2D eigenvalue weighted by Gasteiger charge is -2.35. The number of fused-ring (bicyclic) bond motifs is 1. The molecule has 2 aromatic heterocycles. The highest BCUT2D eigenvalue weighted by Gasteiger charge is 2.36. The van der Waals surface area contributed by atoms with E-state index < -0.39 is 17.7 Å². The molecule has 1 aliphatic carbocycles. The number of halogens is 2. The first-order chi connectivity index (χ1) is 21.9. The number of hydrogen-bond donors (Lipinski definition) is 4. The summed E-state index contributed by atoms with van der Waals surface area (Å²) in [5.74, 6) is -1.80. The van der Waals surface area contributed by atoms with Crippen LogP contribution in [0.4, 0.5) is 5.69 Å². The number of aryl methyl sites for hydroxylation is 1. The summed E-state index contributed by atoms with van der Waals surface area (Å²) in [6.45, 7) is 6.19. The first kappa shape index (κ1) is 35.7. The van der Waals surface area contributed by atoms with Gasteiger partial charge in [-0.3, -0.25) is 24.3 Å². The number of nitrogens with two attached hydrogens (primary N) is 2. The van der Waals surface area contributed by atoms with Crippen LogP contribution >= 0.6 is 24.0 Å². The second-order valence-corrected chi connectivity index (χ2v) is 12.7. The molecule has 0 unspecified atom stereocenters. The number of aromatic amines is 1. The zero-order chi connectivity index (χ0) is 33.1. The Labute approximate surface area is 283 Å². The standard InChI is InChI=1S/C34H39ClN6O5.ClH/c1-18(2)38-32(43)27-13-12-25(19(3)39-27)22-8-4-20(5-9-22)14-29(31(37)42)41(33(44)23-10-6-21(17-36)7-11-23)24-15-26(35)30-28(16-24)40-34(45)46-30;/h4-5,8-9,12-13,15-16,18,21,23,29H,6-7,10-11,14,17,36H2,1-3H3,(H2,37,42)(H,38,43)(H,40,45);1H/t21?,23?,29-;/m0./s1. The summed E-state index contributed by atoms with van der Waals surface area (Å²) in [6.07, 6.45) is 3.05. The van der Waals surface area contributed by atoms with E-state index in [0.29, 0.717) is 47.9 Å². The number of aromatic nitrogens is 2. The summed E-state index contributed by atoms with van der Waals surface area (Å²) in [6, 6.07) is 13.2. The third-order valence-corrected chi connectivity index (χ3v) is 8.86. The van der Waals surface area contributed by atoms with E-state index >= 15 is 0 Å². The van der Waals surface area contributed by atoms with Gasteiger partial charge in [0.2, 0.25) is 11.8 Å². The number of H-pyrrole nitrogens is 1. The predicted molar refractivity (Wildman–Crippen MR) is 185 cm³/mol. The highest BCUT2D eigenvalue weighted by Crippen LogP contribution is 2.35. The van der Waals surface area contributed by atoms with Crippen LogP contribution < -0.4 is 27.4 Å².